The SMILES string of the molecule is CCNC(CC(N)=O)c1ccc2c(c1)CCO2. The molecule has 1 aromatic rings. The van der Waals surface area contributed by atoms with Gasteiger partial charge in [0.25, 0.3) is 0 Å². The molecule has 92 valence electrons. The number of ether oxygens (including phenoxy) is 1. The van der Waals surface area contributed by atoms with Crippen LogP contribution in [0.1, 0.15) is 30.5 Å². The predicted octanol–water partition coefficient (Wildman–Crippen LogP) is 1.15. The fourth-order valence-corrected chi connectivity index (χ4v) is 2.18. The van der Waals surface area contributed by atoms with E-state index >= 15 is 0 Å². The van der Waals surface area contributed by atoms with E-state index in [1.165, 1.54) is 5.56 Å². The molecule has 1 atom stereocenters. The van der Waals surface area contributed by atoms with Crippen molar-refractivity contribution < 1.29 is 9.53 Å². The first kappa shape index (κ1) is 11.9. The van der Waals surface area contributed by atoms with E-state index in [1.807, 2.05) is 19.1 Å². The second-order valence-corrected chi connectivity index (χ2v) is 4.25. The number of rotatable bonds is 5. The van der Waals surface area contributed by atoms with Crippen LogP contribution < -0.4 is 15.8 Å². The summed E-state index contributed by atoms with van der Waals surface area (Å²) in [6, 6.07) is 6.09. The fourth-order valence-electron chi connectivity index (χ4n) is 2.18. The van der Waals surface area contributed by atoms with Crippen LogP contribution in [0, 0.1) is 0 Å². The summed E-state index contributed by atoms with van der Waals surface area (Å²) in [5, 5.41) is 3.28. The number of hydrogen-bond acceptors (Lipinski definition) is 3. The van der Waals surface area contributed by atoms with Crippen LogP contribution >= 0.6 is 0 Å². The van der Waals surface area contributed by atoms with Crippen LogP contribution in [-0.2, 0) is 11.2 Å². The van der Waals surface area contributed by atoms with Crippen molar-refractivity contribution in [1.82, 2.24) is 5.32 Å². The lowest BCUT2D eigenvalue weighted by molar-refractivity contribution is -0.118. The lowest BCUT2D eigenvalue weighted by atomic mass is 10.00. The van der Waals surface area contributed by atoms with Crippen molar-refractivity contribution in [2.45, 2.75) is 25.8 Å². The Bertz CT molecular complexity index is 418. The summed E-state index contributed by atoms with van der Waals surface area (Å²) >= 11 is 0. The second-order valence-electron chi connectivity index (χ2n) is 4.25. The highest BCUT2D eigenvalue weighted by atomic mass is 16.5. The highest BCUT2D eigenvalue weighted by Gasteiger charge is 2.17. The summed E-state index contributed by atoms with van der Waals surface area (Å²) < 4.78 is 5.46. The van der Waals surface area contributed by atoms with Gasteiger partial charge in [0.1, 0.15) is 5.75 Å². The molecule has 0 spiro atoms. The zero-order chi connectivity index (χ0) is 12.3. The molecule has 0 saturated heterocycles. The monoisotopic (exact) mass is 234 g/mol. The van der Waals surface area contributed by atoms with E-state index in [4.69, 9.17) is 10.5 Å². The van der Waals surface area contributed by atoms with Gasteiger partial charge in [0.15, 0.2) is 0 Å². The normalized spacial score (nSPS) is 15.1. The molecule has 1 heterocycles. The standard InChI is InChI=1S/C13H18N2O2/c1-2-15-11(8-13(14)16)9-3-4-12-10(7-9)5-6-17-12/h3-4,7,11,15H,2,5-6,8H2,1H3,(H2,14,16). The zero-order valence-electron chi connectivity index (χ0n) is 10.0. The summed E-state index contributed by atoms with van der Waals surface area (Å²) in [5.74, 6) is 0.677. The van der Waals surface area contributed by atoms with Crippen molar-refractivity contribution in [3.05, 3.63) is 29.3 Å². The molecule has 0 saturated carbocycles. The molecule has 1 amide bonds. The van der Waals surface area contributed by atoms with Crippen molar-refractivity contribution in [1.29, 1.82) is 0 Å². The third kappa shape index (κ3) is 2.77. The Balaban J connectivity index is 2.20. The molecule has 4 heteroatoms. The molecule has 0 radical (unpaired) electrons. The Hall–Kier alpha value is -1.55. The maximum Gasteiger partial charge on any atom is 0.219 e. The number of nitrogens with two attached hydrogens (primary N) is 1. The zero-order valence-corrected chi connectivity index (χ0v) is 10.0. The third-order valence-electron chi connectivity index (χ3n) is 2.97. The Morgan fingerprint density at radius 3 is 3.12 bits per heavy atom. The van der Waals surface area contributed by atoms with Gasteiger partial charge in [-0.3, -0.25) is 4.79 Å². The van der Waals surface area contributed by atoms with E-state index in [1.54, 1.807) is 0 Å². The average molecular weight is 234 g/mol. The highest BCUT2D eigenvalue weighted by molar-refractivity contribution is 5.74. The quantitative estimate of drug-likeness (QED) is 0.803. The summed E-state index contributed by atoms with van der Waals surface area (Å²) in [7, 11) is 0. The van der Waals surface area contributed by atoms with Gasteiger partial charge in [0.2, 0.25) is 5.91 Å². The number of primary amides is 1. The third-order valence-corrected chi connectivity index (χ3v) is 2.97. The minimum atomic E-state index is -0.285. The molecule has 4 nitrogen and oxygen atoms in total. The van der Waals surface area contributed by atoms with Gasteiger partial charge in [-0.15, -0.1) is 0 Å². The molecule has 3 N–H and O–H groups in total. The van der Waals surface area contributed by atoms with Crippen LogP contribution in [0.2, 0.25) is 0 Å². The van der Waals surface area contributed by atoms with Gasteiger partial charge in [-0.05, 0) is 23.7 Å². The van der Waals surface area contributed by atoms with Crippen molar-refractivity contribution in [2.75, 3.05) is 13.2 Å². The number of benzene rings is 1. The van der Waals surface area contributed by atoms with Crippen LogP contribution in [0.3, 0.4) is 0 Å². The summed E-state index contributed by atoms with van der Waals surface area (Å²) in [4.78, 5) is 11.0. The Morgan fingerprint density at radius 2 is 2.41 bits per heavy atom. The summed E-state index contributed by atoms with van der Waals surface area (Å²) in [6.07, 6.45) is 1.27. The van der Waals surface area contributed by atoms with Crippen LogP contribution in [-0.4, -0.2) is 19.1 Å². The predicted molar refractivity (Wildman–Crippen MR) is 65.9 cm³/mol. The number of carbonyl (C=O) groups is 1. The minimum absolute atomic E-state index is 0.00315. The van der Waals surface area contributed by atoms with Gasteiger partial charge >= 0.3 is 0 Å². The lowest BCUT2D eigenvalue weighted by Crippen LogP contribution is -2.26. The van der Waals surface area contributed by atoms with E-state index in [9.17, 15) is 4.79 Å². The van der Waals surface area contributed by atoms with E-state index in [-0.39, 0.29) is 11.9 Å². The first-order valence-electron chi connectivity index (χ1n) is 5.98. The fraction of sp³-hybridized carbons (Fsp3) is 0.462. The Morgan fingerprint density at radius 1 is 1.59 bits per heavy atom. The summed E-state index contributed by atoms with van der Waals surface area (Å²) in [5.41, 5.74) is 7.59. The maximum absolute atomic E-state index is 11.0. The number of nitrogens with one attached hydrogen (secondary N) is 1. The molecule has 0 fully saturated rings. The van der Waals surface area contributed by atoms with E-state index in [2.05, 4.69) is 11.4 Å². The van der Waals surface area contributed by atoms with Gasteiger partial charge in [-0.2, -0.15) is 0 Å². The van der Waals surface area contributed by atoms with Gasteiger partial charge < -0.3 is 15.8 Å². The van der Waals surface area contributed by atoms with Crippen molar-refractivity contribution in [3.8, 4) is 5.75 Å². The largest absolute Gasteiger partial charge is 0.493 e. The number of hydrogen-bond donors (Lipinski definition) is 2. The number of fused-ring (bicyclic) bond motifs is 1. The van der Waals surface area contributed by atoms with E-state index < -0.39 is 0 Å². The van der Waals surface area contributed by atoms with Crippen LogP contribution in [0.4, 0.5) is 0 Å². The topological polar surface area (TPSA) is 64.3 Å². The Kier molecular flexibility index (Phi) is 3.64. The van der Waals surface area contributed by atoms with Crippen molar-refractivity contribution >= 4 is 5.91 Å². The summed E-state index contributed by atoms with van der Waals surface area (Å²) in [6.45, 7) is 3.58. The van der Waals surface area contributed by atoms with Crippen LogP contribution in [0.25, 0.3) is 0 Å². The number of amides is 1. The maximum atomic E-state index is 11.0. The van der Waals surface area contributed by atoms with Gasteiger partial charge in [0, 0.05) is 18.9 Å². The number of carbonyl (C=O) groups excluding carboxylic acids is 1. The first-order valence-corrected chi connectivity index (χ1v) is 5.98. The molecular weight excluding hydrogens is 216 g/mol. The van der Waals surface area contributed by atoms with Crippen LogP contribution in [0.5, 0.6) is 5.75 Å². The molecule has 17 heavy (non-hydrogen) atoms. The molecule has 0 aromatic heterocycles. The molecule has 0 aliphatic carbocycles. The van der Waals surface area contributed by atoms with Gasteiger partial charge in [0.05, 0.1) is 6.61 Å². The highest BCUT2D eigenvalue weighted by Crippen LogP contribution is 2.29. The average Bonchev–Trinajstić information content (AvgIpc) is 2.74. The smallest absolute Gasteiger partial charge is 0.219 e. The minimum Gasteiger partial charge on any atom is -0.493 e. The Labute approximate surface area is 101 Å². The molecule has 2 rings (SSSR count). The second kappa shape index (κ2) is 5.19. The van der Waals surface area contributed by atoms with Gasteiger partial charge in [-0.1, -0.05) is 19.1 Å². The molecular formula is C13H18N2O2. The lowest BCUT2D eigenvalue weighted by Gasteiger charge is -2.17. The van der Waals surface area contributed by atoms with Gasteiger partial charge in [-0.25, -0.2) is 0 Å². The van der Waals surface area contributed by atoms with Crippen LogP contribution in [0.15, 0.2) is 18.2 Å². The molecule has 1 unspecified atom stereocenters. The van der Waals surface area contributed by atoms with Crippen molar-refractivity contribution in [2.24, 2.45) is 5.73 Å². The molecule has 0 bridgehead atoms. The molecule has 1 aromatic carbocycles. The van der Waals surface area contributed by atoms with E-state index in [0.29, 0.717) is 6.42 Å². The van der Waals surface area contributed by atoms with E-state index in [0.717, 1.165) is 30.9 Å². The molecule has 1 aliphatic heterocycles. The molecule has 1 aliphatic rings. The first-order chi connectivity index (χ1) is 8.20. The van der Waals surface area contributed by atoms with Crippen molar-refractivity contribution in [3.63, 3.8) is 0 Å².